The fourth-order valence-corrected chi connectivity index (χ4v) is 1.75. The van der Waals surface area contributed by atoms with Crippen LogP contribution in [0.5, 0.6) is 0 Å². The number of aromatic carboxylic acids is 1. The average Bonchev–Trinajstić information content (AvgIpc) is 2.32. The van der Waals surface area contributed by atoms with Crippen molar-refractivity contribution in [2.45, 2.75) is 20.3 Å². The lowest BCUT2D eigenvalue weighted by Gasteiger charge is -2.13. The maximum Gasteiger partial charge on any atom is 0.337 e. The van der Waals surface area contributed by atoms with Gasteiger partial charge in [0.25, 0.3) is 0 Å². The molecule has 19 heavy (non-hydrogen) atoms. The molecular weight excluding hydrogens is 244 g/mol. The zero-order chi connectivity index (χ0) is 14.4. The van der Waals surface area contributed by atoms with Gasteiger partial charge in [-0.1, -0.05) is 12.1 Å². The molecule has 0 fully saturated rings. The Kier molecular flexibility index (Phi) is 5.11. The van der Waals surface area contributed by atoms with Crippen LogP contribution in [-0.2, 0) is 0 Å². The van der Waals surface area contributed by atoms with Crippen molar-refractivity contribution in [3.63, 3.8) is 0 Å². The number of urea groups is 1. The first-order valence-corrected chi connectivity index (χ1v) is 5.96. The second kappa shape index (κ2) is 6.58. The first kappa shape index (κ1) is 14.8. The van der Waals surface area contributed by atoms with E-state index in [9.17, 15) is 9.59 Å². The van der Waals surface area contributed by atoms with Gasteiger partial charge in [0.1, 0.15) is 0 Å². The molecule has 1 aromatic carbocycles. The first-order valence-electron chi connectivity index (χ1n) is 5.96. The van der Waals surface area contributed by atoms with Crippen molar-refractivity contribution in [2.24, 2.45) is 0 Å². The summed E-state index contributed by atoms with van der Waals surface area (Å²) in [7, 11) is 0. The molecule has 0 atom stereocenters. The Labute approximate surface area is 112 Å². The molecule has 0 heterocycles. The minimum absolute atomic E-state index is 0.0939. The molecule has 0 unspecified atom stereocenters. The zero-order valence-corrected chi connectivity index (χ0v) is 11.1. The molecule has 0 aliphatic carbocycles. The van der Waals surface area contributed by atoms with E-state index in [2.05, 4.69) is 17.2 Å². The van der Waals surface area contributed by atoms with E-state index in [1.807, 2.05) is 13.0 Å². The highest BCUT2D eigenvalue weighted by Gasteiger charge is 2.15. The van der Waals surface area contributed by atoms with E-state index < -0.39 is 12.0 Å². The summed E-state index contributed by atoms with van der Waals surface area (Å²) in [6.07, 6.45) is 2.35. The van der Waals surface area contributed by atoms with E-state index in [0.29, 0.717) is 18.7 Å². The first-order chi connectivity index (χ1) is 8.95. The Morgan fingerprint density at radius 2 is 2.05 bits per heavy atom. The number of carboxylic acids is 1. The summed E-state index contributed by atoms with van der Waals surface area (Å²) in [4.78, 5) is 22.8. The summed E-state index contributed by atoms with van der Waals surface area (Å²) < 4.78 is 0. The molecule has 1 aromatic rings. The molecule has 102 valence electrons. The number of anilines is 1. The smallest absolute Gasteiger partial charge is 0.337 e. The van der Waals surface area contributed by atoms with Crippen LogP contribution in [0.15, 0.2) is 24.8 Å². The number of rotatable bonds is 5. The summed E-state index contributed by atoms with van der Waals surface area (Å²) >= 11 is 0. The largest absolute Gasteiger partial charge is 0.478 e. The van der Waals surface area contributed by atoms with Gasteiger partial charge in [-0.2, -0.15) is 0 Å². The zero-order valence-electron chi connectivity index (χ0n) is 11.1. The third-order valence-electron chi connectivity index (χ3n) is 2.58. The van der Waals surface area contributed by atoms with Crippen LogP contribution in [0.25, 0.3) is 0 Å². The predicted molar refractivity (Wildman–Crippen MR) is 74.7 cm³/mol. The SMILES string of the molecule is C=CCCNC(=O)Nc1c(C)cc(C)cc1C(=O)O. The fourth-order valence-electron chi connectivity index (χ4n) is 1.75. The van der Waals surface area contributed by atoms with Gasteiger partial charge in [-0.15, -0.1) is 6.58 Å². The van der Waals surface area contributed by atoms with Crippen molar-refractivity contribution in [3.05, 3.63) is 41.5 Å². The van der Waals surface area contributed by atoms with E-state index >= 15 is 0 Å². The van der Waals surface area contributed by atoms with Crippen LogP contribution in [0, 0.1) is 13.8 Å². The van der Waals surface area contributed by atoms with Gasteiger partial charge in [0, 0.05) is 6.54 Å². The van der Waals surface area contributed by atoms with Crippen molar-refractivity contribution in [1.29, 1.82) is 0 Å². The topological polar surface area (TPSA) is 78.4 Å². The third kappa shape index (κ3) is 4.13. The number of hydrogen-bond donors (Lipinski definition) is 3. The van der Waals surface area contributed by atoms with Crippen molar-refractivity contribution < 1.29 is 14.7 Å². The Morgan fingerprint density at radius 1 is 1.37 bits per heavy atom. The van der Waals surface area contributed by atoms with E-state index in [4.69, 9.17) is 5.11 Å². The number of nitrogens with one attached hydrogen (secondary N) is 2. The molecule has 1 rings (SSSR count). The number of carbonyl (C=O) groups is 2. The molecule has 0 spiro atoms. The van der Waals surface area contributed by atoms with Gasteiger partial charge < -0.3 is 15.7 Å². The second-order valence-electron chi connectivity index (χ2n) is 4.27. The van der Waals surface area contributed by atoms with Gasteiger partial charge in [-0.25, -0.2) is 9.59 Å². The van der Waals surface area contributed by atoms with Crippen LogP contribution < -0.4 is 10.6 Å². The summed E-state index contributed by atoms with van der Waals surface area (Å²) in [6.45, 7) is 7.59. The number of benzene rings is 1. The molecule has 0 radical (unpaired) electrons. The summed E-state index contributed by atoms with van der Waals surface area (Å²) in [5.41, 5.74) is 1.98. The standard InChI is InChI=1S/C14H18N2O3/c1-4-5-6-15-14(19)16-12-10(3)7-9(2)8-11(12)13(17)18/h4,7-8H,1,5-6H2,2-3H3,(H,17,18)(H2,15,16,19). The fraction of sp³-hybridized carbons (Fsp3) is 0.286. The second-order valence-corrected chi connectivity index (χ2v) is 4.27. The van der Waals surface area contributed by atoms with Crippen LogP contribution in [0.1, 0.15) is 27.9 Å². The van der Waals surface area contributed by atoms with Crippen molar-refractivity contribution in [3.8, 4) is 0 Å². The van der Waals surface area contributed by atoms with Gasteiger partial charge in [-0.05, 0) is 37.5 Å². The number of amides is 2. The van der Waals surface area contributed by atoms with Gasteiger partial charge in [0.2, 0.25) is 0 Å². The van der Waals surface area contributed by atoms with Gasteiger partial charge in [-0.3, -0.25) is 0 Å². The molecule has 0 aliphatic rings. The number of aryl methyl sites for hydroxylation is 2. The van der Waals surface area contributed by atoms with Gasteiger partial charge >= 0.3 is 12.0 Å². The molecule has 0 saturated carbocycles. The van der Waals surface area contributed by atoms with E-state index in [1.54, 1.807) is 13.0 Å². The molecule has 0 bridgehead atoms. The van der Waals surface area contributed by atoms with Crippen LogP contribution in [0.3, 0.4) is 0 Å². The average molecular weight is 262 g/mol. The predicted octanol–water partition coefficient (Wildman–Crippen LogP) is 2.70. The molecule has 0 saturated heterocycles. The van der Waals surface area contributed by atoms with E-state index in [0.717, 1.165) is 11.1 Å². The molecule has 5 heteroatoms. The highest BCUT2D eigenvalue weighted by Crippen LogP contribution is 2.22. The molecule has 0 aromatic heterocycles. The van der Waals surface area contributed by atoms with Crippen molar-refractivity contribution in [1.82, 2.24) is 5.32 Å². The van der Waals surface area contributed by atoms with Gasteiger partial charge in [0.15, 0.2) is 0 Å². The minimum Gasteiger partial charge on any atom is -0.478 e. The lowest BCUT2D eigenvalue weighted by atomic mass is 10.0. The highest BCUT2D eigenvalue weighted by atomic mass is 16.4. The summed E-state index contributed by atoms with van der Waals surface area (Å²) in [5, 5.41) is 14.4. The quantitative estimate of drug-likeness (QED) is 0.564. The van der Waals surface area contributed by atoms with E-state index in [1.165, 1.54) is 6.07 Å². The van der Waals surface area contributed by atoms with Gasteiger partial charge in [0.05, 0.1) is 11.3 Å². The Balaban J connectivity index is 2.90. The molecular formula is C14H18N2O3. The Morgan fingerprint density at radius 3 is 2.63 bits per heavy atom. The molecule has 3 N–H and O–H groups in total. The lowest BCUT2D eigenvalue weighted by Crippen LogP contribution is -2.30. The van der Waals surface area contributed by atoms with Crippen molar-refractivity contribution >= 4 is 17.7 Å². The van der Waals surface area contributed by atoms with Crippen LogP contribution in [0.4, 0.5) is 10.5 Å². The number of carboxylic acid groups (broad SMARTS) is 1. The molecule has 0 aliphatic heterocycles. The maximum absolute atomic E-state index is 11.6. The lowest BCUT2D eigenvalue weighted by molar-refractivity contribution is 0.0698. The molecule has 5 nitrogen and oxygen atoms in total. The Hall–Kier alpha value is -2.30. The van der Waals surface area contributed by atoms with Crippen LogP contribution in [-0.4, -0.2) is 23.7 Å². The number of hydrogen-bond acceptors (Lipinski definition) is 2. The molecule has 2 amide bonds. The Bertz CT molecular complexity index is 510. The van der Waals surface area contributed by atoms with Crippen LogP contribution >= 0.6 is 0 Å². The highest BCUT2D eigenvalue weighted by molar-refractivity contribution is 6.01. The summed E-state index contributed by atoms with van der Waals surface area (Å²) in [5.74, 6) is -1.06. The normalized spacial score (nSPS) is 9.79. The van der Waals surface area contributed by atoms with E-state index in [-0.39, 0.29) is 5.56 Å². The van der Waals surface area contributed by atoms with Crippen molar-refractivity contribution in [2.75, 3.05) is 11.9 Å². The monoisotopic (exact) mass is 262 g/mol. The third-order valence-corrected chi connectivity index (χ3v) is 2.58. The maximum atomic E-state index is 11.6. The van der Waals surface area contributed by atoms with Crippen LogP contribution in [0.2, 0.25) is 0 Å². The number of carbonyl (C=O) groups excluding carboxylic acids is 1. The minimum atomic E-state index is -1.06. The summed E-state index contributed by atoms with van der Waals surface area (Å²) in [6, 6.07) is 2.94.